The molecule has 8 N–H and O–H groups in total. The smallest absolute Gasteiger partial charge is 0.396 e. The molecule has 0 amide bonds. The molecule has 3 unspecified atom stereocenters. The number of nitrogens with two attached hydrogens (primary N) is 1. The lowest BCUT2D eigenvalue weighted by atomic mass is 9.70. The molecule has 1 fully saturated rings. The second-order valence-electron chi connectivity index (χ2n) is 6.57. The summed E-state index contributed by atoms with van der Waals surface area (Å²) >= 11 is 0. The molecule has 0 bridgehead atoms. The topological polar surface area (TPSA) is 270 Å². The van der Waals surface area contributed by atoms with Crippen LogP contribution >= 0.6 is 23.5 Å². The number of phosphoric acid groups is 3. The Labute approximate surface area is 172 Å². The van der Waals surface area contributed by atoms with Crippen molar-refractivity contribution in [3.8, 4) is 0 Å². The van der Waals surface area contributed by atoms with Crippen LogP contribution in [0.4, 0.5) is 5.95 Å². The molecule has 20 heteroatoms. The average Bonchev–Trinajstić information content (AvgIpc) is 2.94. The fourth-order valence-electron chi connectivity index (χ4n) is 3.24. The number of fused-ring (bicyclic) bond motifs is 1. The maximum atomic E-state index is 11.9. The minimum Gasteiger partial charge on any atom is -0.396 e. The molecule has 3 rings (SSSR count). The van der Waals surface area contributed by atoms with E-state index in [4.69, 9.17) is 20.4 Å². The normalized spacial score (nSPS) is 25.6. The van der Waals surface area contributed by atoms with Crippen molar-refractivity contribution in [3.63, 3.8) is 0 Å². The Bertz CT molecular complexity index is 1170. The van der Waals surface area contributed by atoms with Crippen molar-refractivity contribution in [2.24, 2.45) is 11.8 Å². The lowest BCUT2D eigenvalue weighted by Gasteiger charge is -2.44. The highest BCUT2D eigenvalue weighted by molar-refractivity contribution is 7.66. The van der Waals surface area contributed by atoms with Crippen LogP contribution in [-0.2, 0) is 26.8 Å². The second-order valence-corrected chi connectivity index (χ2v) is 11.0. The zero-order chi connectivity index (χ0) is 23.2. The van der Waals surface area contributed by atoms with Crippen LogP contribution in [0, 0.1) is 11.8 Å². The summed E-state index contributed by atoms with van der Waals surface area (Å²) < 4.78 is 47.2. The zero-order valence-electron chi connectivity index (χ0n) is 15.3. The molecule has 174 valence electrons. The van der Waals surface area contributed by atoms with Crippen molar-refractivity contribution in [2.45, 2.75) is 12.5 Å². The number of rotatable bonds is 9. The van der Waals surface area contributed by atoms with Crippen molar-refractivity contribution in [1.82, 2.24) is 19.5 Å². The Balaban J connectivity index is 1.66. The number of aromatic amines is 1. The van der Waals surface area contributed by atoms with Crippen molar-refractivity contribution in [3.05, 3.63) is 16.7 Å². The molecule has 0 radical (unpaired) electrons. The summed E-state index contributed by atoms with van der Waals surface area (Å²) in [4.78, 5) is 57.8. The van der Waals surface area contributed by atoms with Crippen molar-refractivity contribution in [2.75, 3.05) is 18.9 Å². The van der Waals surface area contributed by atoms with Gasteiger partial charge < -0.3 is 35.0 Å². The van der Waals surface area contributed by atoms with Crippen LogP contribution in [0.5, 0.6) is 0 Å². The molecule has 2 aromatic rings. The Morgan fingerprint density at radius 2 is 1.87 bits per heavy atom. The van der Waals surface area contributed by atoms with Crippen LogP contribution in [0.2, 0.25) is 0 Å². The van der Waals surface area contributed by atoms with E-state index in [1.54, 1.807) is 0 Å². The van der Waals surface area contributed by atoms with E-state index in [-0.39, 0.29) is 23.5 Å². The zero-order valence-corrected chi connectivity index (χ0v) is 18.0. The van der Waals surface area contributed by atoms with Gasteiger partial charge in [0.15, 0.2) is 11.2 Å². The lowest BCUT2D eigenvalue weighted by Crippen LogP contribution is -2.42. The standard InChI is InChI=1S/C11H18N5O12P3/c12-11-14-9-8(10(18)15-11)13-4-16(9)7-1-5(6(7)2-17)3-26-30(22,23)28-31(24,25)27-29(19,20)21/h4-7,17H,1-3H2,(H,22,23)(H,24,25)(H2,19,20,21)(H3,12,14,15,18)/t5-,6-,7?/m1/s1. The van der Waals surface area contributed by atoms with E-state index in [1.807, 2.05) is 0 Å². The van der Waals surface area contributed by atoms with Crippen LogP contribution in [0.15, 0.2) is 11.1 Å². The van der Waals surface area contributed by atoms with Gasteiger partial charge in [0, 0.05) is 18.6 Å². The first-order valence-corrected chi connectivity index (χ1v) is 12.8. The van der Waals surface area contributed by atoms with Crippen molar-refractivity contribution in [1.29, 1.82) is 0 Å². The van der Waals surface area contributed by atoms with E-state index in [2.05, 4.69) is 28.1 Å². The first-order chi connectivity index (χ1) is 14.2. The molecule has 0 aromatic carbocycles. The Kier molecular flexibility index (Phi) is 6.60. The molecule has 0 saturated heterocycles. The van der Waals surface area contributed by atoms with Gasteiger partial charge >= 0.3 is 23.5 Å². The molecule has 31 heavy (non-hydrogen) atoms. The number of imidazole rings is 1. The summed E-state index contributed by atoms with van der Waals surface area (Å²) in [6.07, 6.45) is 1.60. The molecular formula is C11H18N5O12P3. The summed E-state index contributed by atoms with van der Waals surface area (Å²) in [5.41, 5.74) is 5.20. The molecule has 17 nitrogen and oxygen atoms in total. The minimum atomic E-state index is -5.61. The summed E-state index contributed by atoms with van der Waals surface area (Å²) in [6, 6.07) is -0.418. The number of aliphatic hydroxyl groups excluding tert-OH is 1. The third-order valence-electron chi connectivity index (χ3n) is 4.53. The molecular weight excluding hydrogens is 487 g/mol. The van der Waals surface area contributed by atoms with Crippen LogP contribution in [0.25, 0.3) is 11.2 Å². The number of H-pyrrole nitrogens is 1. The minimum absolute atomic E-state index is 0.0302. The summed E-state index contributed by atoms with van der Waals surface area (Å²) in [6.45, 7) is -0.915. The molecule has 1 saturated carbocycles. The molecule has 2 aromatic heterocycles. The summed E-state index contributed by atoms with van der Waals surface area (Å²) in [5, 5.41) is 9.69. The van der Waals surface area contributed by atoms with Gasteiger partial charge in [-0.1, -0.05) is 0 Å². The van der Waals surface area contributed by atoms with Crippen LogP contribution in [0.1, 0.15) is 12.5 Å². The van der Waals surface area contributed by atoms with Gasteiger partial charge in [0.1, 0.15) is 0 Å². The maximum absolute atomic E-state index is 11.9. The highest BCUT2D eigenvalue weighted by Crippen LogP contribution is 2.66. The van der Waals surface area contributed by atoms with Crippen LogP contribution in [-0.4, -0.2) is 57.4 Å². The van der Waals surface area contributed by atoms with Gasteiger partial charge in [-0.2, -0.15) is 13.6 Å². The number of hydrogen-bond donors (Lipinski definition) is 7. The van der Waals surface area contributed by atoms with Crippen molar-refractivity contribution >= 4 is 40.6 Å². The first kappa shape index (κ1) is 24.2. The van der Waals surface area contributed by atoms with E-state index in [1.165, 1.54) is 10.9 Å². The predicted molar refractivity (Wildman–Crippen MR) is 100 cm³/mol. The van der Waals surface area contributed by atoms with E-state index < -0.39 is 60.1 Å². The highest BCUT2D eigenvalue weighted by atomic mass is 31.3. The summed E-state index contributed by atoms with van der Waals surface area (Å²) in [5.74, 6) is -1.22. The lowest BCUT2D eigenvalue weighted by molar-refractivity contribution is -0.00548. The maximum Gasteiger partial charge on any atom is 0.490 e. The predicted octanol–water partition coefficient (Wildman–Crippen LogP) is -0.785. The van der Waals surface area contributed by atoms with E-state index in [0.717, 1.165) is 0 Å². The van der Waals surface area contributed by atoms with Crippen LogP contribution in [0.3, 0.4) is 0 Å². The first-order valence-electron chi connectivity index (χ1n) is 8.33. The largest absolute Gasteiger partial charge is 0.490 e. The SMILES string of the molecule is Nc1nc2c(ncn2C2C[C@H](COP(=O)(O)OP(=O)(O)OP(=O)(O)O)[C@H]2CO)c(=O)[nH]1. The van der Waals surface area contributed by atoms with E-state index >= 15 is 0 Å². The Hall–Kier alpha value is -1.48. The number of nitrogens with zero attached hydrogens (tertiary/aromatic N) is 3. The van der Waals surface area contributed by atoms with Gasteiger partial charge in [-0.3, -0.25) is 14.3 Å². The Morgan fingerprint density at radius 1 is 1.19 bits per heavy atom. The number of nitrogens with one attached hydrogen (secondary N) is 1. The molecule has 1 aliphatic carbocycles. The van der Waals surface area contributed by atoms with Gasteiger partial charge in [0.05, 0.1) is 12.9 Å². The van der Waals surface area contributed by atoms with Crippen LogP contribution < -0.4 is 11.3 Å². The third-order valence-corrected chi connectivity index (χ3v) is 8.33. The molecule has 5 atom stereocenters. The van der Waals surface area contributed by atoms with Gasteiger partial charge in [-0.25, -0.2) is 18.7 Å². The molecule has 1 aliphatic rings. The Morgan fingerprint density at radius 3 is 2.48 bits per heavy atom. The van der Waals surface area contributed by atoms with Gasteiger partial charge in [0.2, 0.25) is 5.95 Å². The monoisotopic (exact) mass is 505 g/mol. The number of hydrogen-bond acceptors (Lipinski definition) is 11. The molecule has 0 spiro atoms. The van der Waals surface area contributed by atoms with Gasteiger partial charge in [-0.05, 0) is 12.3 Å². The van der Waals surface area contributed by atoms with E-state index in [0.29, 0.717) is 0 Å². The van der Waals surface area contributed by atoms with Gasteiger partial charge in [-0.15, -0.1) is 0 Å². The van der Waals surface area contributed by atoms with Crippen molar-refractivity contribution < 1.29 is 51.5 Å². The number of aromatic nitrogens is 4. The second kappa shape index (κ2) is 8.46. The third kappa shape index (κ3) is 5.66. The average molecular weight is 505 g/mol. The highest BCUT2D eigenvalue weighted by Gasteiger charge is 2.45. The quantitative estimate of drug-likeness (QED) is 0.206. The summed E-state index contributed by atoms with van der Waals surface area (Å²) in [7, 11) is -16.4. The fraction of sp³-hybridized carbons (Fsp3) is 0.545. The number of phosphoric ester groups is 1. The number of anilines is 1. The number of aliphatic hydroxyl groups is 1. The molecule has 2 heterocycles. The van der Waals surface area contributed by atoms with Gasteiger partial charge in [0.25, 0.3) is 5.56 Å². The fourth-order valence-corrected chi connectivity index (χ4v) is 6.31. The van der Waals surface area contributed by atoms with E-state index in [9.17, 15) is 28.5 Å². The molecule has 0 aliphatic heterocycles. The number of nitrogen functional groups attached to an aromatic ring is 1.